The van der Waals surface area contributed by atoms with Crippen LogP contribution >= 0.6 is 0 Å². The minimum atomic E-state index is 0.893. The summed E-state index contributed by atoms with van der Waals surface area (Å²) in [5.41, 5.74) is 6.40. The Morgan fingerprint density at radius 3 is 2.36 bits per heavy atom. The van der Waals surface area contributed by atoms with Crippen LogP contribution in [0.2, 0.25) is 0 Å². The average Bonchev–Trinajstić information content (AvgIpc) is 3.10. The van der Waals surface area contributed by atoms with Gasteiger partial charge >= 0.3 is 0 Å². The van der Waals surface area contributed by atoms with E-state index in [0.29, 0.717) is 0 Å². The number of hydrogen-bond donors (Lipinski definition) is 0. The molecular formula is C23H21NO. The first kappa shape index (κ1) is 15.5. The lowest BCUT2D eigenvalue weighted by Crippen LogP contribution is -2.12. The van der Waals surface area contributed by atoms with Crippen molar-refractivity contribution in [2.75, 3.05) is 18.6 Å². The van der Waals surface area contributed by atoms with Gasteiger partial charge in [-0.2, -0.15) is 0 Å². The largest absolute Gasteiger partial charge is 0.497 e. The molecule has 0 spiro atoms. The summed E-state index contributed by atoms with van der Waals surface area (Å²) < 4.78 is 5.25. The first-order valence-electron chi connectivity index (χ1n) is 8.61. The van der Waals surface area contributed by atoms with Crippen LogP contribution in [0.15, 0.2) is 72.8 Å². The van der Waals surface area contributed by atoms with Gasteiger partial charge in [0.15, 0.2) is 0 Å². The third kappa shape index (κ3) is 3.29. The molecule has 1 aliphatic heterocycles. The van der Waals surface area contributed by atoms with E-state index in [9.17, 15) is 0 Å². The highest BCUT2D eigenvalue weighted by molar-refractivity contribution is 5.75. The molecule has 124 valence electrons. The van der Waals surface area contributed by atoms with Crippen LogP contribution in [0.1, 0.15) is 16.7 Å². The quantitative estimate of drug-likeness (QED) is 0.582. The van der Waals surface area contributed by atoms with Gasteiger partial charge in [0, 0.05) is 17.9 Å². The van der Waals surface area contributed by atoms with E-state index in [1.807, 2.05) is 18.2 Å². The Labute approximate surface area is 149 Å². The van der Waals surface area contributed by atoms with Crippen molar-refractivity contribution in [1.82, 2.24) is 0 Å². The number of methoxy groups -OCH3 is 1. The summed E-state index contributed by atoms with van der Waals surface area (Å²) in [5.74, 6) is 0.893. The van der Waals surface area contributed by atoms with Crippen LogP contribution < -0.4 is 9.64 Å². The first-order valence-corrected chi connectivity index (χ1v) is 8.61. The summed E-state index contributed by atoms with van der Waals surface area (Å²) in [4.78, 5) is 2.37. The van der Waals surface area contributed by atoms with Crippen molar-refractivity contribution in [3.05, 3.63) is 89.5 Å². The van der Waals surface area contributed by atoms with Crippen molar-refractivity contribution in [2.24, 2.45) is 0 Å². The molecule has 0 saturated carbocycles. The van der Waals surface area contributed by atoms with Gasteiger partial charge in [-0.15, -0.1) is 0 Å². The predicted molar refractivity (Wildman–Crippen MR) is 106 cm³/mol. The molecular weight excluding hydrogens is 306 g/mol. The Morgan fingerprint density at radius 2 is 1.60 bits per heavy atom. The number of anilines is 2. The number of benzene rings is 3. The van der Waals surface area contributed by atoms with Gasteiger partial charge in [-0.3, -0.25) is 0 Å². The monoisotopic (exact) mass is 327 g/mol. The minimum absolute atomic E-state index is 0.893. The maximum absolute atomic E-state index is 5.25. The normalized spacial score (nSPS) is 13.2. The van der Waals surface area contributed by atoms with E-state index in [-0.39, 0.29) is 0 Å². The number of rotatable bonds is 4. The maximum atomic E-state index is 5.25. The van der Waals surface area contributed by atoms with Gasteiger partial charge in [-0.1, -0.05) is 48.6 Å². The van der Waals surface area contributed by atoms with E-state index in [0.717, 1.165) is 18.7 Å². The van der Waals surface area contributed by atoms with Crippen molar-refractivity contribution >= 4 is 23.5 Å². The second kappa shape index (κ2) is 6.86. The SMILES string of the molecule is COc1ccc(N2CCc3cc(/C=C/c4ccccc4)ccc32)cc1. The molecule has 0 aromatic heterocycles. The Hall–Kier alpha value is -3.00. The molecule has 2 nitrogen and oxygen atoms in total. The van der Waals surface area contributed by atoms with Crippen molar-refractivity contribution in [3.63, 3.8) is 0 Å². The number of nitrogens with zero attached hydrogens (tertiary/aromatic N) is 1. The van der Waals surface area contributed by atoms with Crippen molar-refractivity contribution in [3.8, 4) is 5.75 Å². The molecule has 0 N–H and O–H groups in total. The molecule has 1 heterocycles. The van der Waals surface area contributed by atoms with Crippen LogP contribution in [0.4, 0.5) is 11.4 Å². The van der Waals surface area contributed by atoms with Crippen LogP contribution in [0.25, 0.3) is 12.2 Å². The lowest BCUT2D eigenvalue weighted by atomic mass is 10.1. The molecule has 3 aromatic rings. The van der Waals surface area contributed by atoms with Gasteiger partial charge in [0.1, 0.15) is 5.75 Å². The first-order chi connectivity index (χ1) is 12.3. The topological polar surface area (TPSA) is 12.5 Å². The average molecular weight is 327 g/mol. The molecule has 0 aliphatic carbocycles. The standard InChI is InChI=1S/C23H21NO/c1-25-22-12-10-21(11-13-22)24-16-15-20-17-19(9-14-23(20)24)8-7-18-5-3-2-4-6-18/h2-14,17H,15-16H2,1H3/b8-7+. The predicted octanol–water partition coefficient (Wildman–Crippen LogP) is 5.56. The van der Waals surface area contributed by atoms with Crippen molar-refractivity contribution < 1.29 is 4.74 Å². The molecule has 0 fully saturated rings. The van der Waals surface area contributed by atoms with Gasteiger partial charge in [0.25, 0.3) is 0 Å². The van der Waals surface area contributed by atoms with E-state index in [4.69, 9.17) is 4.74 Å². The zero-order valence-electron chi connectivity index (χ0n) is 14.4. The molecule has 1 aliphatic rings. The fourth-order valence-electron chi connectivity index (χ4n) is 3.31. The van der Waals surface area contributed by atoms with E-state index in [2.05, 4.69) is 71.6 Å². The molecule has 0 unspecified atom stereocenters. The highest BCUT2D eigenvalue weighted by Crippen LogP contribution is 2.35. The van der Waals surface area contributed by atoms with Crippen LogP contribution in [0.3, 0.4) is 0 Å². The highest BCUT2D eigenvalue weighted by Gasteiger charge is 2.20. The molecule has 0 radical (unpaired) electrons. The van der Waals surface area contributed by atoms with Gasteiger partial charge in [0.2, 0.25) is 0 Å². The van der Waals surface area contributed by atoms with Crippen molar-refractivity contribution in [2.45, 2.75) is 6.42 Å². The van der Waals surface area contributed by atoms with E-state index in [1.165, 1.54) is 28.1 Å². The Kier molecular flexibility index (Phi) is 4.26. The molecule has 0 amide bonds. The van der Waals surface area contributed by atoms with Crippen LogP contribution in [-0.2, 0) is 6.42 Å². The number of ether oxygens (including phenoxy) is 1. The molecule has 4 rings (SSSR count). The Bertz CT molecular complexity index is 882. The zero-order chi connectivity index (χ0) is 17.1. The maximum Gasteiger partial charge on any atom is 0.119 e. The third-order valence-electron chi connectivity index (χ3n) is 4.65. The van der Waals surface area contributed by atoms with Gasteiger partial charge in [-0.25, -0.2) is 0 Å². The number of hydrogen-bond acceptors (Lipinski definition) is 2. The van der Waals surface area contributed by atoms with E-state index < -0.39 is 0 Å². The second-order valence-electron chi connectivity index (χ2n) is 6.23. The Balaban J connectivity index is 1.56. The smallest absolute Gasteiger partial charge is 0.119 e. The van der Waals surface area contributed by atoms with E-state index in [1.54, 1.807) is 7.11 Å². The van der Waals surface area contributed by atoms with Crippen LogP contribution in [0, 0.1) is 0 Å². The summed E-state index contributed by atoms with van der Waals surface area (Å²) in [7, 11) is 1.70. The second-order valence-corrected chi connectivity index (χ2v) is 6.23. The molecule has 3 aromatic carbocycles. The molecule has 25 heavy (non-hydrogen) atoms. The van der Waals surface area contributed by atoms with Gasteiger partial charge < -0.3 is 9.64 Å². The lowest BCUT2D eigenvalue weighted by Gasteiger charge is -2.20. The van der Waals surface area contributed by atoms with E-state index >= 15 is 0 Å². The fourth-order valence-corrected chi connectivity index (χ4v) is 3.31. The van der Waals surface area contributed by atoms with Gasteiger partial charge in [-0.05, 0) is 59.5 Å². The summed E-state index contributed by atoms with van der Waals surface area (Å²) in [6.07, 6.45) is 5.43. The van der Waals surface area contributed by atoms with Crippen LogP contribution in [-0.4, -0.2) is 13.7 Å². The summed E-state index contributed by atoms with van der Waals surface area (Å²) in [6.45, 7) is 1.02. The number of fused-ring (bicyclic) bond motifs is 1. The minimum Gasteiger partial charge on any atom is -0.497 e. The summed E-state index contributed by atoms with van der Waals surface area (Å²) >= 11 is 0. The summed E-state index contributed by atoms with van der Waals surface area (Å²) in [6, 6.07) is 25.4. The molecule has 0 atom stereocenters. The highest BCUT2D eigenvalue weighted by atomic mass is 16.5. The molecule has 0 bridgehead atoms. The Morgan fingerprint density at radius 1 is 0.840 bits per heavy atom. The molecule has 2 heteroatoms. The fraction of sp³-hybridized carbons (Fsp3) is 0.130. The van der Waals surface area contributed by atoms with Crippen molar-refractivity contribution in [1.29, 1.82) is 0 Å². The van der Waals surface area contributed by atoms with Crippen LogP contribution in [0.5, 0.6) is 5.75 Å². The van der Waals surface area contributed by atoms with Gasteiger partial charge in [0.05, 0.1) is 7.11 Å². The molecule has 0 saturated heterocycles. The lowest BCUT2D eigenvalue weighted by molar-refractivity contribution is 0.415. The third-order valence-corrected chi connectivity index (χ3v) is 4.65. The zero-order valence-corrected chi connectivity index (χ0v) is 14.4. The summed E-state index contributed by atoms with van der Waals surface area (Å²) in [5, 5.41) is 0.